The number of imidazole rings is 1. The van der Waals surface area contributed by atoms with Gasteiger partial charge in [0.25, 0.3) is 0 Å². The van der Waals surface area contributed by atoms with Crippen LogP contribution in [0.1, 0.15) is 10.5 Å². The number of benzene rings is 1. The lowest BCUT2D eigenvalue weighted by Crippen LogP contribution is -1.87. The zero-order valence-corrected chi connectivity index (χ0v) is 10.5. The Bertz CT molecular complexity index is 934. The van der Waals surface area contributed by atoms with Gasteiger partial charge in [-0.05, 0) is 18.2 Å². The number of nitrogens with zero attached hydrogens (tertiary/aromatic N) is 2. The quantitative estimate of drug-likeness (QED) is 0.519. The maximum absolute atomic E-state index is 11.2. The minimum absolute atomic E-state index is 0.436. The first-order chi connectivity index (χ1) is 9.88. The molecule has 4 rings (SSSR count). The topological polar surface area (TPSA) is 47.5 Å². The van der Waals surface area contributed by atoms with Crippen LogP contribution in [0.3, 0.4) is 0 Å². The van der Waals surface area contributed by atoms with E-state index in [9.17, 15) is 4.79 Å². The lowest BCUT2D eigenvalue weighted by atomic mass is 10.1. The summed E-state index contributed by atoms with van der Waals surface area (Å²) in [6.45, 7) is 0. The number of pyridine rings is 1. The fourth-order valence-electron chi connectivity index (χ4n) is 2.49. The molecule has 1 aromatic carbocycles. The highest BCUT2D eigenvalue weighted by Crippen LogP contribution is 2.30. The Morgan fingerprint density at radius 3 is 2.85 bits per heavy atom. The minimum atomic E-state index is 0.436. The van der Waals surface area contributed by atoms with Crippen LogP contribution in [0.2, 0.25) is 0 Å². The van der Waals surface area contributed by atoms with Crippen molar-refractivity contribution in [3.8, 4) is 11.4 Å². The van der Waals surface area contributed by atoms with E-state index in [1.807, 2.05) is 53.1 Å². The van der Waals surface area contributed by atoms with Gasteiger partial charge in [0.05, 0.1) is 11.1 Å². The number of hydrogen-bond donors (Lipinski definition) is 0. The molecular formula is C16H10N2O2. The van der Waals surface area contributed by atoms with E-state index in [-0.39, 0.29) is 0 Å². The fourth-order valence-corrected chi connectivity index (χ4v) is 2.49. The maximum Gasteiger partial charge on any atom is 0.170 e. The summed E-state index contributed by atoms with van der Waals surface area (Å²) in [4.78, 5) is 15.6. The second-order valence-electron chi connectivity index (χ2n) is 4.54. The van der Waals surface area contributed by atoms with Gasteiger partial charge in [-0.25, -0.2) is 4.98 Å². The molecule has 0 aliphatic heterocycles. The number of hydrogen-bond acceptors (Lipinski definition) is 3. The van der Waals surface area contributed by atoms with E-state index in [0.717, 1.165) is 28.3 Å². The number of aldehydes is 1. The van der Waals surface area contributed by atoms with Gasteiger partial charge in [-0.1, -0.05) is 24.3 Å². The predicted molar refractivity (Wildman–Crippen MR) is 75.8 cm³/mol. The van der Waals surface area contributed by atoms with E-state index in [2.05, 4.69) is 4.98 Å². The lowest BCUT2D eigenvalue weighted by Gasteiger charge is -1.98. The highest BCUT2D eigenvalue weighted by molar-refractivity contribution is 5.94. The third-order valence-electron chi connectivity index (χ3n) is 3.41. The Labute approximate surface area is 114 Å². The normalized spacial score (nSPS) is 11.2. The molecular weight excluding hydrogens is 252 g/mol. The Kier molecular flexibility index (Phi) is 2.23. The summed E-state index contributed by atoms with van der Waals surface area (Å²) < 4.78 is 7.46. The Morgan fingerprint density at radius 2 is 1.95 bits per heavy atom. The predicted octanol–water partition coefficient (Wildman–Crippen LogP) is 3.56. The standard InChI is InChI=1S/C16H10N2O2/c19-9-13-14-6-3-4-8-18(14)16(17-13)12-10-20-15-7-2-1-5-11(12)15/h1-10H. The van der Waals surface area contributed by atoms with Crippen LogP contribution in [0.4, 0.5) is 0 Å². The molecule has 0 saturated heterocycles. The highest BCUT2D eigenvalue weighted by atomic mass is 16.3. The van der Waals surface area contributed by atoms with Crippen molar-refractivity contribution < 1.29 is 9.21 Å². The maximum atomic E-state index is 11.2. The van der Waals surface area contributed by atoms with Crippen LogP contribution < -0.4 is 0 Å². The summed E-state index contributed by atoms with van der Waals surface area (Å²) in [5.74, 6) is 0.715. The van der Waals surface area contributed by atoms with Crippen LogP contribution in [0.25, 0.3) is 27.9 Å². The largest absolute Gasteiger partial charge is 0.464 e. The van der Waals surface area contributed by atoms with E-state index < -0.39 is 0 Å². The van der Waals surface area contributed by atoms with Crippen molar-refractivity contribution in [2.45, 2.75) is 0 Å². The van der Waals surface area contributed by atoms with Gasteiger partial charge in [0, 0.05) is 11.6 Å². The van der Waals surface area contributed by atoms with Gasteiger partial charge in [-0.3, -0.25) is 9.20 Å². The van der Waals surface area contributed by atoms with Crippen LogP contribution >= 0.6 is 0 Å². The monoisotopic (exact) mass is 262 g/mol. The van der Waals surface area contributed by atoms with Crippen molar-refractivity contribution in [2.75, 3.05) is 0 Å². The van der Waals surface area contributed by atoms with E-state index in [1.54, 1.807) is 6.26 Å². The van der Waals surface area contributed by atoms with Crippen molar-refractivity contribution in [3.05, 3.63) is 60.6 Å². The second kappa shape index (κ2) is 4.06. The summed E-state index contributed by atoms with van der Waals surface area (Å²) >= 11 is 0. The second-order valence-corrected chi connectivity index (χ2v) is 4.54. The zero-order chi connectivity index (χ0) is 13.5. The van der Waals surface area contributed by atoms with Crippen LogP contribution in [0, 0.1) is 0 Å². The molecule has 20 heavy (non-hydrogen) atoms. The SMILES string of the molecule is O=Cc1nc(-c2coc3ccccc23)n2ccccc12. The van der Waals surface area contributed by atoms with E-state index in [0.29, 0.717) is 11.5 Å². The zero-order valence-electron chi connectivity index (χ0n) is 10.5. The van der Waals surface area contributed by atoms with E-state index in [4.69, 9.17) is 4.42 Å². The van der Waals surface area contributed by atoms with Gasteiger partial charge in [-0.2, -0.15) is 0 Å². The summed E-state index contributed by atoms with van der Waals surface area (Å²) in [5.41, 5.74) is 2.92. The third-order valence-corrected chi connectivity index (χ3v) is 3.41. The van der Waals surface area contributed by atoms with E-state index >= 15 is 0 Å². The molecule has 4 nitrogen and oxygen atoms in total. The highest BCUT2D eigenvalue weighted by Gasteiger charge is 2.15. The lowest BCUT2D eigenvalue weighted by molar-refractivity contribution is 0.112. The molecule has 0 fully saturated rings. The van der Waals surface area contributed by atoms with Gasteiger partial charge in [0.1, 0.15) is 23.4 Å². The van der Waals surface area contributed by atoms with Crippen LogP contribution in [-0.2, 0) is 0 Å². The third kappa shape index (κ3) is 1.42. The molecule has 0 unspecified atom stereocenters. The van der Waals surface area contributed by atoms with Crippen molar-refractivity contribution in [1.29, 1.82) is 0 Å². The fraction of sp³-hybridized carbons (Fsp3) is 0. The summed E-state index contributed by atoms with van der Waals surface area (Å²) in [7, 11) is 0. The molecule has 0 spiro atoms. The van der Waals surface area contributed by atoms with Gasteiger partial charge in [0.2, 0.25) is 0 Å². The van der Waals surface area contributed by atoms with E-state index in [1.165, 1.54) is 0 Å². The van der Waals surface area contributed by atoms with Gasteiger partial charge in [-0.15, -0.1) is 0 Å². The molecule has 0 N–H and O–H groups in total. The molecule has 4 heteroatoms. The van der Waals surface area contributed by atoms with Gasteiger partial charge in [0.15, 0.2) is 6.29 Å². The first-order valence-electron chi connectivity index (χ1n) is 6.27. The number of para-hydroxylation sites is 1. The number of carbonyl (C=O) groups excluding carboxylic acids is 1. The van der Waals surface area contributed by atoms with Crippen molar-refractivity contribution in [1.82, 2.24) is 9.38 Å². The molecule has 4 aromatic rings. The van der Waals surface area contributed by atoms with Gasteiger partial charge < -0.3 is 4.42 Å². The molecule has 0 saturated carbocycles. The molecule has 96 valence electrons. The molecule has 0 bridgehead atoms. The number of aromatic nitrogens is 2. The Hall–Kier alpha value is -2.88. The molecule has 0 atom stereocenters. The Morgan fingerprint density at radius 1 is 1.10 bits per heavy atom. The number of carbonyl (C=O) groups is 1. The van der Waals surface area contributed by atoms with Crippen molar-refractivity contribution in [2.24, 2.45) is 0 Å². The number of rotatable bonds is 2. The van der Waals surface area contributed by atoms with Crippen molar-refractivity contribution in [3.63, 3.8) is 0 Å². The number of fused-ring (bicyclic) bond motifs is 2. The van der Waals surface area contributed by atoms with Gasteiger partial charge >= 0.3 is 0 Å². The Balaban J connectivity index is 2.10. The molecule has 0 aliphatic carbocycles. The average molecular weight is 262 g/mol. The van der Waals surface area contributed by atoms with Crippen LogP contribution in [0.5, 0.6) is 0 Å². The molecule has 0 aliphatic rings. The number of furan rings is 1. The first-order valence-corrected chi connectivity index (χ1v) is 6.27. The molecule has 3 heterocycles. The molecule has 0 amide bonds. The molecule has 0 radical (unpaired) electrons. The van der Waals surface area contributed by atoms with Crippen LogP contribution in [0.15, 0.2) is 59.3 Å². The minimum Gasteiger partial charge on any atom is -0.464 e. The van der Waals surface area contributed by atoms with Crippen LogP contribution in [-0.4, -0.2) is 15.7 Å². The van der Waals surface area contributed by atoms with Crippen molar-refractivity contribution >= 4 is 22.8 Å². The summed E-state index contributed by atoms with van der Waals surface area (Å²) in [6, 6.07) is 13.5. The first kappa shape index (κ1) is 11.0. The summed E-state index contributed by atoms with van der Waals surface area (Å²) in [6.07, 6.45) is 4.36. The molecule has 3 aromatic heterocycles. The average Bonchev–Trinajstić information content (AvgIpc) is 3.08. The summed E-state index contributed by atoms with van der Waals surface area (Å²) in [5, 5.41) is 0.987. The smallest absolute Gasteiger partial charge is 0.170 e.